The van der Waals surface area contributed by atoms with Gasteiger partial charge >= 0.3 is 42.7 Å². The van der Waals surface area contributed by atoms with Gasteiger partial charge < -0.3 is 68.3 Å². The molecule has 8 N–H and O–H groups in total. The number of rotatable bonds is 28. The molecular weight excluding hydrogens is 1630 g/mol. The van der Waals surface area contributed by atoms with E-state index in [0.717, 1.165) is 35.6 Å². The molecule has 0 radical (unpaired) electrons. The molecule has 36 heteroatoms. The fourth-order valence-electron chi connectivity index (χ4n) is 15.1. The smallest absolute Gasteiger partial charge is 0.526 e. The standard InChI is InChI=1S/C16H21BO4.C15H16BClF2O4.C15H19BO4.C14H14BNO4.C14H17BO6.C14H17BO4/c1-10(2)7-14(19)9-13-8-12-5-4-6-15(11(3)18)16(12)21-17(13)20;1-8(20)11-4-2-3-9-5-10(16(22)23-15(9)11)6-13(21)12(17)7-14(18)19;1-3-5-13(18)9-12-8-11-6-4-7-14(10(2)17)15(11)20-16(12)19;1-9(17)13-4-2-3-10-7-11(8-12(18)5-6-16)15(19)20-14(10)13;1-8(16)11-5-3-4-9-6-10(15(20)21-13(9)11)7-12(17)14(2,18)19;1-3-12(17)8-11-7-10-5-4-6-13(9(2)16)14(10)19-15(11)18/h4-6,10,13,20H,7-9H2,1-3H3;2-4,10,12,14,22H,5-7H2,1H3;4,6-7,12,19H,3,5,8-9H2,1-2H3;2-4,11,19H,5,7-8H2,1H3;3-5,10,18-20H,6-7H2,1-2H3;4-6,11,18H,3,7-8H2,1-2H3/t13-;10-,12?;12-;11-;10-;11-/m111111/s1. The van der Waals surface area contributed by atoms with Crippen molar-refractivity contribution in [2.75, 3.05) is 0 Å². The summed E-state index contributed by atoms with van der Waals surface area (Å²) in [5.74, 6) is -3.88. The number of hydrogen-bond donors (Lipinski definition) is 8. The van der Waals surface area contributed by atoms with Gasteiger partial charge in [0.15, 0.2) is 46.3 Å². The highest BCUT2D eigenvalue weighted by atomic mass is 35.5. The number of nitrogens with zero attached hydrogens (tertiary/aromatic N) is 1. The minimum Gasteiger partial charge on any atom is -0.535 e. The van der Waals surface area contributed by atoms with Crippen LogP contribution in [0.25, 0.3) is 0 Å². The van der Waals surface area contributed by atoms with Crippen LogP contribution >= 0.6 is 11.6 Å². The summed E-state index contributed by atoms with van der Waals surface area (Å²) in [6.07, 6.45) is 2.19. The first-order valence-corrected chi connectivity index (χ1v) is 41.6. The molecule has 124 heavy (non-hydrogen) atoms. The molecule has 6 aromatic rings. The second-order valence-electron chi connectivity index (χ2n) is 32.4. The molecule has 6 aromatic carbocycles. The zero-order valence-electron chi connectivity index (χ0n) is 71.3. The molecule has 0 aromatic heterocycles. The fraction of sp³-hybridized carbons (Fsp3) is 0.443. The number of alkyl halides is 3. The number of para-hydroxylation sites is 6. The van der Waals surface area contributed by atoms with Gasteiger partial charge in [0.05, 0.1) is 51.2 Å². The Labute approximate surface area is 726 Å². The van der Waals surface area contributed by atoms with Crippen LogP contribution in [0.5, 0.6) is 34.5 Å². The first-order valence-electron chi connectivity index (χ1n) is 41.2. The summed E-state index contributed by atoms with van der Waals surface area (Å²) >= 11 is 5.66. The van der Waals surface area contributed by atoms with Gasteiger partial charge in [-0.1, -0.05) is 100 Å². The molecule has 6 aliphatic heterocycles. The molecule has 0 fully saturated rings. The number of nitriles is 1. The molecule has 1 unspecified atom stereocenters. The van der Waals surface area contributed by atoms with Crippen molar-refractivity contribution in [3.63, 3.8) is 0 Å². The third-order valence-electron chi connectivity index (χ3n) is 21.6. The van der Waals surface area contributed by atoms with Crippen LogP contribution in [-0.4, -0.2) is 170 Å². The van der Waals surface area contributed by atoms with Crippen LogP contribution in [-0.2, 0) is 67.3 Å². The zero-order valence-corrected chi connectivity index (χ0v) is 72.0. The molecule has 7 atom stereocenters. The number of ketones is 12. The second kappa shape index (κ2) is 46.7. The van der Waals surface area contributed by atoms with Crippen molar-refractivity contribution in [2.45, 2.75) is 244 Å². The number of benzene rings is 6. The van der Waals surface area contributed by atoms with Crippen LogP contribution in [0.4, 0.5) is 8.78 Å². The van der Waals surface area contributed by atoms with Crippen molar-refractivity contribution in [1.29, 1.82) is 5.26 Å². The van der Waals surface area contributed by atoms with E-state index in [2.05, 4.69) is 0 Å². The molecule has 0 amide bonds. The summed E-state index contributed by atoms with van der Waals surface area (Å²) in [6, 6.07) is 33.2. The van der Waals surface area contributed by atoms with E-state index in [4.69, 9.17) is 44.8 Å². The summed E-state index contributed by atoms with van der Waals surface area (Å²) in [4.78, 5) is 139. The summed E-state index contributed by atoms with van der Waals surface area (Å²) in [5.41, 5.74) is 7.49. The molecule has 0 saturated carbocycles. The van der Waals surface area contributed by atoms with Gasteiger partial charge in [0.1, 0.15) is 57.6 Å². The minimum atomic E-state index is -2.66. The van der Waals surface area contributed by atoms with Crippen LogP contribution < -0.4 is 27.9 Å². The summed E-state index contributed by atoms with van der Waals surface area (Å²) in [5, 5.41) is 85.9. The van der Waals surface area contributed by atoms with E-state index in [0.29, 0.717) is 162 Å². The Morgan fingerprint density at radius 2 is 0.669 bits per heavy atom. The maximum atomic E-state index is 12.3. The second-order valence-corrected chi connectivity index (χ2v) is 32.9. The Bertz CT molecular complexity index is 4940. The number of halogens is 3. The van der Waals surface area contributed by atoms with Crippen LogP contribution in [0.3, 0.4) is 0 Å². The lowest BCUT2D eigenvalue weighted by Crippen LogP contribution is -2.40. The topological polar surface area (TPSA) is 446 Å². The van der Waals surface area contributed by atoms with Crippen LogP contribution in [0.15, 0.2) is 109 Å². The molecule has 6 aliphatic rings. The van der Waals surface area contributed by atoms with Crippen LogP contribution in [0.1, 0.15) is 249 Å². The average molecular weight is 1730 g/mol. The number of carbonyl (C=O) groups is 12. The number of carbonyl (C=O) groups excluding carboxylic acids is 12. The third kappa shape index (κ3) is 28.4. The first kappa shape index (κ1) is 101. The van der Waals surface area contributed by atoms with Gasteiger partial charge in [-0.05, 0) is 169 Å². The largest absolute Gasteiger partial charge is 0.535 e. The monoisotopic (exact) mass is 1730 g/mol. The van der Waals surface area contributed by atoms with Gasteiger partial charge in [-0.25, -0.2) is 8.78 Å². The van der Waals surface area contributed by atoms with E-state index in [1.54, 1.807) is 85.8 Å². The normalized spacial score (nSPS) is 17.6. The van der Waals surface area contributed by atoms with E-state index in [1.165, 1.54) is 41.5 Å². The lowest BCUT2D eigenvalue weighted by molar-refractivity contribution is -0.175. The molecule has 0 spiro atoms. The van der Waals surface area contributed by atoms with Gasteiger partial charge in [-0.15, -0.1) is 11.6 Å². The van der Waals surface area contributed by atoms with E-state index < -0.39 is 89.9 Å². The predicted molar refractivity (Wildman–Crippen MR) is 461 cm³/mol. The van der Waals surface area contributed by atoms with Gasteiger partial charge in [0.2, 0.25) is 12.2 Å². The summed E-state index contributed by atoms with van der Waals surface area (Å²) in [6.45, 7) is 17.4. The lowest BCUT2D eigenvalue weighted by atomic mass is 9.64. The molecule has 27 nitrogen and oxygen atoms in total. The van der Waals surface area contributed by atoms with E-state index >= 15 is 0 Å². The maximum Gasteiger partial charge on any atom is 0.526 e. The van der Waals surface area contributed by atoms with Gasteiger partial charge in [-0.3, -0.25) is 57.5 Å². The zero-order chi connectivity index (χ0) is 91.9. The Morgan fingerprint density at radius 1 is 0.419 bits per heavy atom. The third-order valence-corrected chi connectivity index (χ3v) is 22.0. The molecule has 6 heterocycles. The van der Waals surface area contributed by atoms with Crippen molar-refractivity contribution in [1.82, 2.24) is 0 Å². The minimum absolute atomic E-state index is 0.0884. The number of Topliss-reactive ketones (excluding diaryl/α,β-unsaturated/α-hetero) is 12. The molecule has 0 saturated heterocycles. The number of fused-ring (bicyclic) bond motifs is 6. The first-order chi connectivity index (χ1) is 58.4. The summed E-state index contributed by atoms with van der Waals surface area (Å²) in [7, 11) is -6.78. The maximum absolute atomic E-state index is 12.3. The summed E-state index contributed by atoms with van der Waals surface area (Å²) < 4.78 is 57.2. The molecule has 0 bridgehead atoms. The van der Waals surface area contributed by atoms with Crippen LogP contribution in [0.2, 0.25) is 34.9 Å². The fourth-order valence-corrected chi connectivity index (χ4v) is 15.3. The van der Waals surface area contributed by atoms with E-state index in [9.17, 15) is 107 Å². The molecule has 656 valence electrons. The van der Waals surface area contributed by atoms with Crippen LogP contribution in [0, 0.1) is 17.2 Å². The lowest BCUT2D eigenvalue weighted by Gasteiger charge is -2.29. The number of aliphatic hydroxyl groups is 2. The highest BCUT2D eigenvalue weighted by molar-refractivity contribution is 6.49. The van der Waals surface area contributed by atoms with Crippen molar-refractivity contribution < 1.29 is 135 Å². The van der Waals surface area contributed by atoms with Gasteiger partial charge in [0, 0.05) is 99.1 Å². The Kier molecular flexibility index (Phi) is 38.0. The number of hydrogen-bond acceptors (Lipinski definition) is 27. The van der Waals surface area contributed by atoms with Crippen molar-refractivity contribution in [3.8, 4) is 40.6 Å². The molecule has 0 aliphatic carbocycles. The Morgan fingerprint density at radius 3 is 0.903 bits per heavy atom. The average Bonchev–Trinajstić information content (AvgIpc) is 0.828. The van der Waals surface area contributed by atoms with E-state index in [1.807, 2.05) is 57.2 Å². The predicted octanol–water partition coefficient (Wildman–Crippen LogP) is 11.9. The van der Waals surface area contributed by atoms with Gasteiger partial charge in [0.25, 0.3) is 0 Å². The SMILES string of the molecule is CC(=O)c1cccc2c1OB(O)[C@@H](CC(=O)C(C)(O)O)C2.CC(=O)c1cccc2c1OB(O)[C@@H](CC(=O)C(Cl)CC(F)F)C2.CC(=O)c1cccc2c1OB(O)[C@@H](CC(=O)CC#N)C2.CC(=O)c1cccc2c1OB(O)[C@@H](CC(=O)CC(C)C)C2.CCC(=O)C[C@H]1Cc2cccc(C(C)=O)c2OB1O.CCCC(=O)C[C@H]1Cc2cccc(C(C)=O)c2OB1O. The van der Waals surface area contributed by atoms with E-state index in [-0.39, 0.29) is 107 Å². The highest BCUT2D eigenvalue weighted by Crippen LogP contribution is 2.44. The Hall–Kier alpha value is -10.1. The van der Waals surface area contributed by atoms with Crippen molar-refractivity contribution >= 4 is 124 Å². The molecule has 12 rings (SSSR count). The quantitative estimate of drug-likeness (QED) is 0.00978. The van der Waals surface area contributed by atoms with Crippen molar-refractivity contribution in [3.05, 3.63) is 176 Å². The van der Waals surface area contributed by atoms with Gasteiger partial charge in [-0.2, -0.15) is 5.26 Å². The molecular formula is C88H104B6ClF2NO26. The van der Waals surface area contributed by atoms with Crippen molar-refractivity contribution in [2.24, 2.45) is 5.92 Å². The highest BCUT2D eigenvalue weighted by Gasteiger charge is 2.45. The Balaban J connectivity index is 0.000000205.